The van der Waals surface area contributed by atoms with Crippen LogP contribution in [0.4, 0.5) is 5.95 Å². The second kappa shape index (κ2) is 7.29. The van der Waals surface area contributed by atoms with Crippen LogP contribution in [0.25, 0.3) is 16.6 Å². The van der Waals surface area contributed by atoms with Gasteiger partial charge >= 0.3 is 0 Å². The van der Waals surface area contributed by atoms with Gasteiger partial charge in [0.15, 0.2) is 11.5 Å². The summed E-state index contributed by atoms with van der Waals surface area (Å²) in [6, 6.07) is 15.0. The molecule has 0 unspecified atom stereocenters. The van der Waals surface area contributed by atoms with Gasteiger partial charge < -0.3 is 15.4 Å². The van der Waals surface area contributed by atoms with Crippen molar-refractivity contribution in [1.29, 1.82) is 0 Å². The molecule has 0 saturated carbocycles. The fourth-order valence-corrected chi connectivity index (χ4v) is 4.12. The van der Waals surface area contributed by atoms with Gasteiger partial charge in [0, 0.05) is 30.0 Å². The molecule has 0 radical (unpaired) electrons. The van der Waals surface area contributed by atoms with E-state index in [-0.39, 0.29) is 17.8 Å². The Morgan fingerprint density at radius 3 is 2.77 bits per heavy atom. The number of nitrogens with two attached hydrogens (primary N) is 1. The van der Waals surface area contributed by atoms with E-state index in [1.165, 1.54) is 0 Å². The van der Waals surface area contributed by atoms with Crippen molar-refractivity contribution in [3.63, 3.8) is 0 Å². The van der Waals surface area contributed by atoms with Crippen LogP contribution in [0.5, 0.6) is 5.75 Å². The van der Waals surface area contributed by atoms with E-state index in [1.54, 1.807) is 11.6 Å². The van der Waals surface area contributed by atoms with Crippen molar-refractivity contribution in [1.82, 2.24) is 24.5 Å². The van der Waals surface area contributed by atoms with Crippen molar-refractivity contribution in [2.75, 3.05) is 25.9 Å². The number of fused-ring (bicyclic) bond motifs is 3. The molecule has 0 spiro atoms. The first-order valence-corrected chi connectivity index (χ1v) is 9.99. The topological polar surface area (TPSA) is 98.6 Å². The van der Waals surface area contributed by atoms with E-state index in [4.69, 9.17) is 15.5 Å². The molecule has 30 heavy (non-hydrogen) atoms. The lowest BCUT2D eigenvalue weighted by molar-refractivity contribution is 0.0704. The van der Waals surface area contributed by atoms with Crippen molar-refractivity contribution in [3.05, 3.63) is 59.9 Å². The third-order valence-electron chi connectivity index (χ3n) is 5.62. The standard InChI is InChI=1S/C22H22N6O2/c1-30-17-11-5-10-16-18(17)24-22(23)28-20(16)25-19(26-28)15-9-6-12-27(13-15)21(29)14-7-3-2-4-8-14/h2-5,7-8,10-11,15H,6,9,12-13H2,1H3,(H2,23,24)/t15-/m1/s1. The van der Waals surface area contributed by atoms with Crippen LogP contribution in [0.15, 0.2) is 48.5 Å². The molecule has 2 aromatic carbocycles. The van der Waals surface area contributed by atoms with Crippen molar-refractivity contribution in [2.24, 2.45) is 0 Å². The number of carbonyl (C=O) groups excluding carboxylic acids is 1. The number of hydrogen-bond acceptors (Lipinski definition) is 6. The molecule has 1 aliphatic heterocycles. The van der Waals surface area contributed by atoms with Gasteiger partial charge in [0.05, 0.1) is 7.11 Å². The van der Waals surface area contributed by atoms with Crippen LogP contribution in [-0.4, -0.2) is 50.6 Å². The molecule has 0 bridgehead atoms. The number of para-hydroxylation sites is 1. The minimum atomic E-state index is 0.0421. The maximum atomic E-state index is 12.9. The summed E-state index contributed by atoms with van der Waals surface area (Å²) in [6.45, 7) is 1.32. The number of hydrogen-bond donors (Lipinski definition) is 1. The molecule has 8 nitrogen and oxygen atoms in total. The molecule has 1 fully saturated rings. The van der Waals surface area contributed by atoms with Crippen LogP contribution in [0.3, 0.4) is 0 Å². The maximum absolute atomic E-state index is 12.9. The predicted octanol–water partition coefficient (Wildman–Crippen LogP) is 2.89. The van der Waals surface area contributed by atoms with Crippen LogP contribution < -0.4 is 10.5 Å². The summed E-state index contributed by atoms with van der Waals surface area (Å²) in [4.78, 5) is 24.0. The monoisotopic (exact) mass is 402 g/mol. The molecule has 0 aliphatic carbocycles. The van der Waals surface area contributed by atoms with E-state index in [0.717, 1.165) is 24.8 Å². The highest BCUT2D eigenvalue weighted by molar-refractivity contribution is 5.96. The highest BCUT2D eigenvalue weighted by Crippen LogP contribution is 2.30. The van der Waals surface area contributed by atoms with E-state index in [1.807, 2.05) is 53.4 Å². The third kappa shape index (κ3) is 3.01. The van der Waals surface area contributed by atoms with Crippen molar-refractivity contribution in [3.8, 4) is 5.75 Å². The lowest BCUT2D eigenvalue weighted by Crippen LogP contribution is -2.39. The summed E-state index contributed by atoms with van der Waals surface area (Å²) in [5.74, 6) is 1.67. The normalized spacial score (nSPS) is 16.8. The molecule has 8 heteroatoms. The molecule has 1 aliphatic rings. The predicted molar refractivity (Wildman–Crippen MR) is 114 cm³/mol. The summed E-state index contributed by atoms with van der Waals surface area (Å²) >= 11 is 0. The number of ether oxygens (including phenoxy) is 1. The smallest absolute Gasteiger partial charge is 0.253 e. The lowest BCUT2D eigenvalue weighted by atomic mass is 9.96. The largest absolute Gasteiger partial charge is 0.494 e. The molecule has 3 heterocycles. The SMILES string of the molecule is COc1cccc2c1nc(N)n1nc([C@@H]3CCCN(C(=O)c4ccccc4)C3)nc21. The second-order valence-corrected chi connectivity index (χ2v) is 7.49. The Kier molecular flexibility index (Phi) is 4.46. The summed E-state index contributed by atoms with van der Waals surface area (Å²) in [7, 11) is 1.60. The average Bonchev–Trinajstić information content (AvgIpc) is 3.26. The van der Waals surface area contributed by atoms with Crippen LogP contribution >= 0.6 is 0 Å². The number of nitrogen functional groups attached to an aromatic ring is 1. The number of amides is 1. The number of likely N-dealkylation sites (tertiary alicyclic amines) is 1. The Labute approximate surface area is 173 Å². The van der Waals surface area contributed by atoms with E-state index < -0.39 is 0 Å². The lowest BCUT2D eigenvalue weighted by Gasteiger charge is -2.31. The van der Waals surface area contributed by atoms with Gasteiger partial charge in [0.2, 0.25) is 5.95 Å². The number of rotatable bonds is 3. The molecule has 5 rings (SSSR count). The zero-order chi connectivity index (χ0) is 20.7. The van der Waals surface area contributed by atoms with Gasteiger partial charge in [-0.25, -0.2) is 9.97 Å². The van der Waals surface area contributed by atoms with Gasteiger partial charge in [-0.05, 0) is 37.1 Å². The molecule has 152 valence electrons. The first kappa shape index (κ1) is 18.4. The molecule has 4 aromatic rings. The molecule has 1 atom stereocenters. The summed E-state index contributed by atoms with van der Waals surface area (Å²) in [6.07, 6.45) is 1.82. The van der Waals surface area contributed by atoms with Crippen molar-refractivity contribution >= 4 is 28.4 Å². The highest BCUT2D eigenvalue weighted by atomic mass is 16.5. The van der Waals surface area contributed by atoms with Gasteiger partial charge in [0.1, 0.15) is 11.3 Å². The fraction of sp³-hybridized carbons (Fsp3) is 0.273. The van der Waals surface area contributed by atoms with Gasteiger partial charge in [0.25, 0.3) is 5.91 Å². The number of anilines is 1. The molecule has 1 amide bonds. The first-order chi connectivity index (χ1) is 14.7. The summed E-state index contributed by atoms with van der Waals surface area (Å²) in [5.41, 5.74) is 8.18. The molecule has 2 N–H and O–H groups in total. The average molecular weight is 402 g/mol. The Bertz CT molecular complexity index is 1240. The second-order valence-electron chi connectivity index (χ2n) is 7.49. The number of piperidine rings is 1. The van der Waals surface area contributed by atoms with Crippen molar-refractivity contribution < 1.29 is 9.53 Å². The van der Waals surface area contributed by atoms with Gasteiger partial charge in [-0.1, -0.05) is 24.3 Å². The zero-order valence-corrected chi connectivity index (χ0v) is 16.7. The summed E-state index contributed by atoms with van der Waals surface area (Å²) in [5, 5.41) is 5.48. The van der Waals surface area contributed by atoms with Crippen LogP contribution in [-0.2, 0) is 0 Å². The minimum absolute atomic E-state index is 0.0421. The Balaban J connectivity index is 1.51. The van der Waals surface area contributed by atoms with Gasteiger partial charge in [-0.3, -0.25) is 4.79 Å². The third-order valence-corrected chi connectivity index (χ3v) is 5.62. The van der Waals surface area contributed by atoms with Crippen LogP contribution in [0.1, 0.15) is 34.9 Å². The summed E-state index contributed by atoms with van der Waals surface area (Å²) < 4.78 is 7.00. The Hall–Kier alpha value is -3.68. The molecular formula is C22H22N6O2. The maximum Gasteiger partial charge on any atom is 0.253 e. The van der Waals surface area contributed by atoms with Crippen LogP contribution in [0.2, 0.25) is 0 Å². The van der Waals surface area contributed by atoms with Gasteiger partial charge in [-0.15, -0.1) is 5.10 Å². The number of nitrogens with zero attached hydrogens (tertiary/aromatic N) is 5. The van der Waals surface area contributed by atoms with Crippen LogP contribution in [0, 0.1) is 0 Å². The quantitative estimate of drug-likeness (QED) is 0.566. The Morgan fingerprint density at radius 1 is 1.13 bits per heavy atom. The van der Waals surface area contributed by atoms with E-state index in [0.29, 0.717) is 34.8 Å². The fourth-order valence-electron chi connectivity index (χ4n) is 4.12. The van der Waals surface area contributed by atoms with E-state index in [2.05, 4.69) is 10.1 Å². The number of benzene rings is 2. The molecular weight excluding hydrogens is 380 g/mol. The first-order valence-electron chi connectivity index (χ1n) is 9.99. The molecule has 2 aromatic heterocycles. The number of carbonyl (C=O) groups is 1. The van der Waals surface area contributed by atoms with Gasteiger partial charge in [-0.2, -0.15) is 4.52 Å². The van der Waals surface area contributed by atoms with Crippen molar-refractivity contribution in [2.45, 2.75) is 18.8 Å². The van der Waals surface area contributed by atoms with E-state index >= 15 is 0 Å². The van der Waals surface area contributed by atoms with E-state index in [9.17, 15) is 4.79 Å². The number of aromatic nitrogens is 4. The molecule has 1 saturated heterocycles. The minimum Gasteiger partial charge on any atom is -0.494 e. The number of methoxy groups -OCH3 is 1. The Morgan fingerprint density at radius 2 is 1.97 bits per heavy atom. The zero-order valence-electron chi connectivity index (χ0n) is 16.7. The highest BCUT2D eigenvalue weighted by Gasteiger charge is 2.28.